The number of esters is 2. The molecule has 23 heavy (non-hydrogen) atoms. The molecule has 120 valence electrons. The highest BCUT2D eigenvalue weighted by molar-refractivity contribution is 6.02. The van der Waals surface area contributed by atoms with Crippen molar-refractivity contribution >= 4 is 29.0 Å². The van der Waals surface area contributed by atoms with E-state index in [1.165, 1.54) is 24.3 Å². The molecule has 2 rings (SSSR count). The first-order valence-corrected chi connectivity index (χ1v) is 6.53. The van der Waals surface area contributed by atoms with Gasteiger partial charge < -0.3 is 19.0 Å². The fraction of sp³-hybridized carbons (Fsp3) is 0.188. The topological polar surface area (TPSA) is 103 Å². The van der Waals surface area contributed by atoms with Crippen LogP contribution in [0.5, 0.6) is 5.75 Å². The molecule has 0 bridgehead atoms. The third kappa shape index (κ3) is 2.68. The quantitative estimate of drug-likeness (QED) is 0.674. The lowest BCUT2D eigenvalue weighted by molar-refractivity contribution is -0.154. The maximum Gasteiger partial charge on any atom is 0.324 e. The predicted molar refractivity (Wildman–Crippen MR) is 81.0 cm³/mol. The molecule has 1 aromatic heterocycles. The van der Waals surface area contributed by atoms with Crippen LogP contribution in [0.2, 0.25) is 0 Å². The molecular weight excluding hydrogens is 304 g/mol. The summed E-state index contributed by atoms with van der Waals surface area (Å²) < 4.78 is 14.6. The van der Waals surface area contributed by atoms with Crippen LogP contribution in [-0.2, 0) is 19.1 Å². The molecule has 2 aromatic rings. The van der Waals surface area contributed by atoms with Crippen molar-refractivity contribution < 1.29 is 28.6 Å². The van der Waals surface area contributed by atoms with Gasteiger partial charge in [-0.3, -0.25) is 14.4 Å². The zero-order valence-corrected chi connectivity index (χ0v) is 12.5. The molecule has 0 unspecified atom stereocenters. The minimum atomic E-state index is -1.64. The Morgan fingerprint density at radius 3 is 2.39 bits per heavy atom. The minimum absolute atomic E-state index is 0.0751. The van der Waals surface area contributed by atoms with Gasteiger partial charge in [0.25, 0.3) is 0 Å². The standard InChI is InChI=1S/C16H14O7/c1-4-9-12(13(15(19)21-2)16(20)22-3)14(18)11-8(17)6-5-7-10(11)23-9/h4-7,13,17H,1H2,2-3H3. The third-order valence-corrected chi connectivity index (χ3v) is 3.31. The number of aromatic hydroxyl groups is 1. The van der Waals surface area contributed by atoms with E-state index in [9.17, 15) is 19.5 Å². The monoisotopic (exact) mass is 318 g/mol. The van der Waals surface area contributed by atoms with E-state index in [-0.39, 0.29) is 28.0 Å². The van der Waals surface area contributed by atoms with Gasteiger partial charge in [-0.1, -0.05) is 12.6 Å². The number of fused-ring (bicyclic) bond motifs is 1. The highest BCUT2D eigenvalue weighted by Crippen LogP contribution is 2.28. The van der Waals surface area contributed by atoms with Crippen molar-refractivity contribution in [2.24, 2.45) is 0 Å². The van der Waals surface area contributed by atoms with Crippen molar-refractivity contribution in [3.8, 4) is 5.75 Å². The second-order valence-corrected chi connectivity index (χ2v) is 4.54. The lowest BCUT2D eigenvalue weighted by Gasteiger charge is -2.14. The number of methoxy groups -OCH3 is 2. The normalized spacial score (nSPS) is 10.6. The van der Waals surface area contributed by atoms with Crippen molar-refractivity contribution in [3.63, 3.8) is 0 Å². The second kappa shape index (κ2) is 6.35. The first kappa shape index (κ1) is 16.3. The lowest BCUT2D eigenvalue weighted by Crippen LogP contribution is -2.30. The number of hydrogen-bond acceptors (Lipinski definition) is 7. The lowest BCUT2D eigenvalue weighted by atomic mass is 9.96. The predicted octanol–water partition coefficient (Wildman–Crippen LogP) is 1.57. The summed E-state index contributed by atoms with van der Waals surface area (Å²) in [6.45, 7) is 3.52. The number of carbonyl (C=O) groups is 2. The molecule has 0 aliphatic rings. The second-order valence-electron chi connectivity index (χ2n) is 4.54. The summed E-state index contributed by atoms with van der Waals surface area (Å²) in [7, 11) is 2.15. The number of hydrogen-bond donors (Lipinski definition) is 1. The van der Waals surface area contributed by atoms with E-state index in [4.69, 9.17) is 4.42 Å². The Kier molecular flexibility index (Phi) is 4.49. The van der Waals surface area contributed by atoms with Crippen molar-refractivity contribution in [2.45, 2.75) is 5.92 Å². The Labute approximate surface area is 130 Å². The van der Waals surface area contributed by atoms with Crippen LogP contribution in [0.15, 0.2) is 34.0 Å². The fourth-order valence-electron chi connectivity index (χ4n) is 2.25. The van der Waals surface area contributed by atoms with Crippen LogP contribution in [0.1, 0.15) is 17.2 Å². The Hall–Kier alpha value is -3.09. The molecule has 7 nitrogen and oxygen atoms in total. The maximum atomic E-state index is 12.7. The van der Waals surface area contributed by atoms with Crippen LogP contribution in [0.25, 0.3) is 17.0 Å². The highest BCUT2D eigenvalue weighted by Gasteiger charge is 2.36. The van der Waals surface area contributed by atoms with Crippen molar-refractivity contribution in [3.05, 3.63) is 46.3 Å². The Balaban J connectivity index is 2.91. The summed E-state index contributed by atoms with van der Waals surface area (Å²) in [6, 6.07) is 4.26. The van der Waals surface area contributed by atoms with Crippen LogP contribution in [0.3, 0.4) is 0 Å². The molecule has 7 heteroatoms. The van der Waals surface area contributed by atoms with E-state index in [0.717, 1.165) is 14.2 Å². The summed E-state index contributed by atoms with van der Waals surface area (Å²) >= 11 is 0. The average molecular weight is 318 g/mol. The Morgan fingerprint density at radius 2 is 1.87 bits per heavy atom. The zero-order valence-electron chi connectivity index (χ0n) is 12.5. The number of phenols is 1. The molecule has 1 aromatic carbocycles. The van der Waals surface area contributed by atoms with Gasteiger partial charge in [-0.2, -0.15) is 0 Å². The van der Waals surface area contributed by atoms with E-state index in [1.54, 1.807) is 0 Å². The fourth-order valence-corrected chi connectivity index (χ4v) is 2.25. The number of rotatable bonds is 4. The van der Waals surface area contributed by atoms with Gasteiger partial charge in [0, 0.05) is 0 Å². The minimum Gasteiger partial charge on any atom is -0.507 e. The van der Waals surface area contributed by atoms with E-state index < -0.39 is 23.3 Å². The Bertz CT molecular complexity index is 831. The van der Waals surface area contributed by atoms with Gasteiger partial charge in [-0.05, 0) is 18.2 Å². The number of benzene rings is 1. The smallest absolute Gasteiger partial charge is 0.324 e. The Morgan fingerprint density at radius 1 is 1.26 bits per heavy atom. The summed E-state index contributed by atoms with van der Waals surface area (Å²) in [4.78, 5) is 36.6. The van der Waals surface area contributed by atoms with Gasteiger partial charge in [0.15, 0.2) is 5.92 Å². The van der Waals surface area contributed by atoms with Gasteiger partial charge in [0.2, 0.25) is 5.43 Å². The van der Waals surface area contributed by atoms with Crippen molar-refractivity contribution in [1.82, 2.24) is 0 Å². The molecule has 1 heterocycles. The summed E-state index contributed by atoms with van der Waals surface area (Å²) in [5.74, 6) is -4.02. The van der Waals surface area contributed by atoms with Crippen LogP contribution in [0.4, 0.5) is 0 Å². The molecule has 0 saturated carbocycles. The zero-order chi connectivity index (χ0) is 17.1. The summed E-state index contributed by atoms with van der Waals surface area (Å²) in [5, 5.41) is 9.75. The van der Waals surface area contributed by atoms with E-state index in [0.29, 0.717) is 0 Å². The molecule has 0 spiro atoms. The van der Waals surface area contributed by atoms with E-state index in [2.05, 4.69) is 16.1 Å². The van der Waals surface area contributed by atoms with Crippen LogP contribution < -0.4 is 5.43 Å². The summed E-state index contributed by atoms with van der Waals surface area (Å²) in [6.07, 6.45) is 1.19. The van der Waals surface area contributed by atoms with Gasteiger partial charge >= 0.3 is 11.9 Å². The maximum absolute atomic E-state index is 12.7. The molecule has 0 amide bonds. The van der Waals surface area contributed by atoms with Gasteiger partial charge in [-0.15, -0.1) is 0 Å². The number of carbonyl (C=O) groups excluding carboxylic acids is 2. The van der Waals surface area contributed by atoms with Gasteiger partial charge in [0.1, 0.15) is 22.5 Å². The third-order valence-electron chi connectivity index (χ3n) is 3.31. The largest absolute Gasteiger partial charge is 0.507 e. The number of phenolic OH excluding ortho intramolecular Hbond substituents is 1. The molecule has 0 fully saturated rings. The van der Waals surface area contributed by atoms with E-state index in [1.807, 2.05) is 0 Å². The summed E-state index contributed by atoms with van der Waals surface area (Å²) in [5.41, 5.74) is -0.935. The highest BCUT2D eigenvalue weighted by atomic mass is 16.5. The average Bonchev–Trinajstić information content (AvgIpc) is 2.55. The molecular formula is C16H14O7. The molecule has 0 radical (unpaired) electrons. The van der Waals surface area contributed by atoms with Crippen LogP contribution >= 0.6 is 0 Å². The molecule has 1 N–H and O–H groups in total. The molecule has 0 aliphatic heterocycles. The number of ether oxygens (including phenoxy) is 2. The SMILES string of the molecule is C=Cc1oc2cccc(O)c2c(=O)c1C(C(=O)OC)C(=O)OC. The van der Waals surface area contributed by atoms with Gasteiger partial charge in [-0.25, -0.2) is 0 Å². The van der Waals surface area contributed by atoms with Crippen LogP contribution in [-0.4, -0.2) is 31.3 Å². The van der Waals surface area contributed by atoms with Gasteiger partial charge in [0.05, 0.1) is 19.8 Å². The molecule has 0 saturated heterocycles. The van der Waals surface area contributed by atoms with Crippen LogP contribution in [0, 0.1) is 0 Å². The van der Waals surface area contributed by atoms with E-state index >= 15 is 0 Å². The first-order valence-electron chi connectivity index (χ1n) is 6.53. The van der Waals surface area contributed by atoms with Crippen molar-refractivity contribution in [2.75, 3.05) is 14.2 Å². The molecule has 0 atom stereocenters. The molecule has 0 aliphatic carbocycles. The van der Waals surface area contributed by atoms with Crippen molar-refractivity contribution in [1.29, 1.82) is 0 Å². The first-order chi connectivity index (χ1) is 11.0.